The molecule has 22 heteroatoms. The van der Waals surface area contributed by atoms with E-state index in [4.69, 9.17) is 31.0 Å². The number of anilines is 2. The lowest BCUT2D eigenvalue weighted by Crippen LogP contribution is -2.31. The van der Waals surface area contributed by atoms with Gasteiger partial charge >= 0.3 is 0 Å². The van der Waals surface area contributed by atoms with Gasteiger partial charge in [0, 0.05) is 23.2 Å². The number of nitrogens with zero attached hydrogens (tertiary/aromatic N) is 12. The maximum atomic E-state index is 14.8. The summed E-state index contributed by atoms with van der Waals surface area (Å²) in [6.45, 7) is 1.92. The number of ether oxygens (including phenoxy) is 2. The number of nitrogen functional groups attached to an aromatic ring is 2. The van der Waals surface area contributed by atoms with Crippen LogP contribution in [0.5, 0.6) is 11.5 Å². The standard InChI is InChI=1S/C27H25F2N7O2.C24H19F2N7O2/c1-14(25-33-19-9-5-8-17(28)21(19)27(37)35(25)16-6-3-4-7-16)36-26-22(24(30)31-13-32-26)23(34-36)15-10-11-20(38-2)18(29)12-15;1-35-17-8-5-12(9-15(17)26)21-20-22(27)28-11-29-23(20)32(31-21)10-18-30-16-4-2-3-14(25)19(16)24(34)33(18)13-6-7-13/h5,8-14,16H,3-4,6-7H2,1-2H3,(H2,30,31,32);2-5,8-9,11,13H,6-7,10H2,1H3,(H2,27,28,29). The number of hydrogen-bond donors (Lipinski definition) is 2. The molecular formula is C51H44F4N14O4. The van der Waals surface area contributed by atoms with Gasteiger partial charge in [0.1, 0.15) is 82.3 Å². The van der Waals surface area contributed by atoms with Crippen molar-refractivity contribution in [2.45, 2.75) is 70.1 Å². The number of methoxy groups -OCH3 is 2. The third kappa shape index (κ3) is 8.07. The van der Waals surface area contributed by atoms with Gasteiger partial charge in [-0.25, -0.2) is 56.8 Å². The average Bonchev–Trinajstić information content (AvgIpc) is 3.71. The van der Waals surface area contributed by atoms with Crippen LogP contribution in [0.4, 0.5) is 29.2 Å². The molecule has 6 aromatic heterocycles. The summed E-state index contributed by atoms with van der Waals surface area (Å²) in [4.78, 5) is 53.3. The molecule has 0 saturated heterocycles. The van der Waals surface area contributed by atoms with Crippen molar-refractivity contribution in [3.63, 3.8) is 0 Å². The summed E-state index contributed by atoms with van der Waals surface area (Å²) in [5.74, 6) is -0.880. The quantitative estimate of drug-likeness (QED) is 0.123. The summed E-state index contributed by atoms with van der Waals surface area (Å²) in [6.07, 6.45) is 7.79. The number of rotatable bonds is 10. The highest BCUT2D eigenvalue weighted by Crippen LogP contribution is 2.39. The fourth-order valence-electron chi connectivity index (χ4n) is 9.78. The summed E-state index contributed by atoms with van der Waals surface area (Å²) >= 11 is 0. The van der Waals surface area contributed by atoms with E-state index in [0.717, 1.165) is 38.5 Å². The van der Waals surface area contributed by atoms with Gasteiger partial charge in [0.05, 0.1) is 36.0 Å². The van der Waals surface area contributed by atoms with E-state index in [1.165, 1.54) is 80.0 Å². The molecule has 1 atom stereocenters. The molecule has 0 radical (unpaired) electrons. The zero-order valence-corrected chi connectivity index (χ0v) is 39.4. The van der Waals surface area contributed by atoms with E-state index in [-0.39, 0.29) is 63.6 Å². The van der Waals surface area contributed by atoms with E-state index in [1.807, 2.05) is 6.92 Å². The molecule has 2 saturated carbocycles. The SMILES string of the molecule is COc1ccc(-c2nn(C(C)c3nc4cccc(F)c4c(=O)n3C3CCCC3)c3ncnc(N)c23)cc1F.COc1ccc(-c2nn(Cc3nc4cccc(F)c4c(=O)n3C3CC3)c3ncnc(N)c23)cc1F. The molecule has 0 spiro atoms. The Bertz CT molecular complexity index is 3960. The van der Waals surface area contributed by atoms with Gasteiger partial charge in [-0.1, -0.05) is 25.0 Å². The van der Waals surface area contributed by atoms with Crippen molar-refractivity contribution in [3.8, 4) is 34.0 Å². The van der Waals surface area contributed by atoms with Crippen molar-refractivity contribution in [2.24, 2.45) is 0 Å². The largest absolute Gasteiger partial charge is 0.494 e. The van der Waals surface area contributed by atoms with Gasteiger partial charge in [-0.3, -0.25) is 18.7 Å². The Morgan fingerprint density at radius 2 is 1.14 bits per heavy atom. The molecule has 6 heterocycles. The van der Waals surface area contributed by atoms with Crippen molar-refractivity contribution in [1.29, 1.82) is 0 Å². The maximum Gasteiger partial charge on any atom is 0.264 e. The lowest BCUT2D eigenvalue weighted by atomic mass is 10.1. The second-order valence-corrected chi connectivity index (χ2v) is 17.9. The lowest BCUT2D eigenvalue weighted by molar-refractivity contribution is 0.386. The van der Waals surface area contributed by atoms with Crippen LogP contribution in [0.25, 0.3) is 66.4 Å². The Labute approximate surface area is 410 Å². The fourth-order valence-corrected chi connectivity index (χ4v) is 9.78. The Morgan fingerprint density at radius 3 is 1.70 bits per heavy atom. The highest BCUT2D eigenvalue weighted by Gasteiger charge is 2.32. The normalized spacial score (nSPS) is 14.3. The second-order valence-electron chi connectivity index (χ2n) is 17.9. The van der Waals surface area contributed by atoms with Crippen LogP contribution in [0.3, 0.4) is 0 Å². The first-order chi connectivity index (χ1) is 35.3. The minimum absolute atomic E-state index is 0.0263. The third-order valence-corrected chi connectivity index (χ3v) is 13.4. The minimum Gasteiger partial charge on any atom is -0.494 e. The minimum atomic E-state index is -0.602. The average molecular weight is 993 g/mol. The molecule has 0 aliphatic heterocycles. The van der Waals surface area contributed by atoms with Crippen LogP contribution in [-0.2, 0) is 6.54 Å². The summed E-state index contributed by atoms with van der Waals surface area (Å²) < 4.78 is 74.7. The van der Waals surface area contributed by atoms with E-state index < -0.39 is 40.4 Å². The monoisotopic (exact) mass is 992 g/mol. The van der Waals surface area contributed by atoms with Crippen molar-refractivity contribution in [2.75, 3.05) is 25.7 Å². The van der Waals surface area contributed by atoms with Gasteiger partial charge in [0.25, 0.3) is 11.1 Å². The van der Waals surface area contributed by atoms with Crippen LogP contribution in [-0.4, -0.2) is 72.8 Å². The predicted octanol–water partition coefficient (Wildman–Crippen LogP) is 8.25. The molecule has 1 unspecified atom stereocenters. The summed E-state index contributed by atoms with van der Waals surface area (Å²) in [5, 5.41) is 10.3. The zero-order chi connectivity index (χ0) is 50.8. The van der Waals surface area contributed by atoms with Crippen LogP contribution in [0.15, 0.2) is 95.0 Å². The Balaban J connectivity index is 0.000000158. The first-order valence-electron chi connectivity index (χ1n) is 23.4. The smallest absolute Gasteiger partial charge is 0.264 e. The third-order valence-electron chi connectivity index (χ3n) is 13.4. The molecule has 4 aromatic carbocycles. The van der Waals surface area contributed by atoms with Gasteiger partial charge in [-0.15, -0.1) is 0 Å². The summed E-state index contributed by atoms with van der Waals surface area (Å²) in [7, 11) is 2.78. The van der Waals surface area contributed by atoms with Gasteiger partial charge < -0.3 is 20.9 Å². The highest BCUT2D eigenvalue weighted by atomic mass is 19.1. The van der Waals surface area contributed by atoms with E-state index in [2.05, 4.69) is 30.0 Å². The molecule has 370 valence electrons. The van der Waals surface area contributed by atoms with E-state index in [0.29, 0.717) is 56.2 Å². The maximum absolute atomic E-state index is 14.8. The van der Waals surface area contributed by atoms with E-state index in [1.54, 1.807) is 38.2 Å². The molecule has 73 heavy (non-hydrogen) atoms. The predicted molar refractivity (Wildman–Crippen MR) is 264 cm³/mol. The molecule has 12 rings (SSSR count). The van der Waals surface area contributed by atoms with E-state index in [9.17, 15) is 27.2 Å². The van der Waals surface area contributed by atoms with Crippen molar-refractivity contribution >= 4 is 55.5 Å². The fraction of sp³-hybridized carbons (Fsp3) is 0.255. The molecule has 2 aliphatic rings. The molecule has 0 bridgehead atoms. The molecule has 18 nitrogen and oxygen atoms in total. The molecule has 2 aliphatic carbocycles. The van der Waals surface area contributed by atoms with Gasteiger partial charge in [-0.2, -0.15) is 10.2 Å². The Morgan fingerprint density at radius 1 is 0.616 bits per heavy atom. The van der Waals surface area contributed by atoms with Crippen molar-refractivity contribution < 1.29 is 27.0 Å². The molecular weight excluding hydrogens is 949 g/mol. The Kier molecular flexibility index (Phi) is 11.7. The van der Waals surface area contributed by atoms with Crippen LogP contribution in [0, 0.1) is 23.3 Å². The van der Waals surface area contributed by atoms with E-state index >= 15 is 0 Å². The summed E-state index contributed by atoms with van der Waals surface area (Å²) in [6, 6.07) is 17.0. The molecule has 0 amide bonds. The number of aromatic nitrogens is 12. The van der Waals surface area contributed by atoms with Crippen LogP contribution < -0.4 is 32.1 Å². The van der Waals surface area contributed by atoms with Crippen LogP contribution in [0.2, 0.25) is 0 Å². The topological polar surface area (TPSA) is 227 Å². The van der Waals surface area contributed by atoms with Crippen molar-refractivity contribution in [3.05, 3.63) is 141 Å². The van der Waals surface area contributed by atoms with Gasteiger partial charge in [0.2, 0.25) is 0 Å². The molecule has 4 N–H and O–H groups in total. The first-order valence-corrected chi connectivity index (χ1v) is 23.4. The number of nitrogens with two attached hydrogens (primary N) is 2. The number of benzene rings is 4. The highest BCUT2D eigenvalue weighted by molar-refractivity contribution is 5.99. The number of fused-ring (bicyclic) bond motifs is 4. The Hall–Kier alpha value is -8.82. The van der Waals surface area contributed by atoms with Gasteiger partial charge in [-0.05, 0) is 93.3 Å². The van der Waals surface area contributed by atoms with Crippen LogP contribution in [0.1, 0.15) is 75.2 Å². The van der Waals surface area contributed by atoms with Gasteiger partial charge in [0.15, 0.2) is 34.4 Å². The summed E-state index contributed by atoms with van der Waals surface area (Å²) in [5.41, 5.74) is 14.6. The lowest BCUT2D eigenvalue weighted by Gasteiger charge is -2.23. The number of hydrogen-bond acceptors (Lipinski definition) is 14. The first kappa shape index (κ1) is 46.6. The van der Waals surface area contributed by atoms with Crippen molar-refractivity contribution in [1.82, 2.24) is 58.6 Å². The molecule has 2 fully saturated rings. The second kappa shape index (κ2) is 18.4. The number of halogens is 4. The molecule has 10 aromatic rings. The van der Waals surface area contributed by atoms with Crippen LogP contribution >= 0.6 is 0 Å². The zero-order valence-electron chi connectivity index (χ0n) is 39.4.